The van der Waals surface area contributed by atoms with Crippen molar-refractivity contribution < 1.29 is 23.7 Å². The highest BCUT2D eigenvalue weighted by Crippen LogP contribution is 2.05. The van der Waals surface area contributed by atoms with E-state index in [9.17, 15) is 0 Å². The van der Waals surface area contributed by atoms with Gasteiger partial charge in [-0.1, -0.05) is 0 Å². The van der Waals surface area contributed by atoms with E-state index in [0.29, 0.717) is 52.9 Å². The molecule has 2 atom stereocenters. The van der Waals surface area contributed by atoms with Gasteiger partial charge in [0.15, 0.2) is 0 Å². The molecule has 0 aromatic heterocycles. The molecule has 0 spiro atoms. The van der Waals surface area contributed by atoms with E-state index in [1.807, 2.05) is 0 Å². The molecule has 18 heavy (non-hydrogen) atoms. The third-order valence-corrected chi connectivity index (χ3v) is 2.67. The molecule has 5 nitrogen and oxygen atoms in total. The molecule has 5 heteroatoms. The highest BCUT2D eigenvalue weighted by molar-refractivity contribution is 4.58. The predicted octanol–water partition coefficient (Wildman–Crippen LogP) is 1.25. The van der Waals surface area contributed by atoms with Crippen LogP contribution in [0, 0.1) is 0 Å². The van der Waals surface area contributed by atoms with Gasteiger partial charge in [-0.3, -0.25) is 0 Å². The van der Waals surface area contributed by atoms with Crippen LogP contribution in [0.2, 0.25) is 0 Å². The van der Waals surface area contributed by atoms with Crippen molar-refractivity contribution in [1.29, 1.82) is 0 Å². The highest BCUT2D eigenvalue weighted by atomic mass is 16.6. The van der Waals surface area contributed by atoms with Crippen molar-refractivity contribution in [3.05, 3.63) is 0 Å². The summed E-state index contributed by atoms with van der Waals surface area (Å²) < 4.78 is 27.4. The lowest BCUT2D eigenvalue weighted by Gasteiger charge is -2.19. The van der Waals surface area contributed by atoms with Gasteiger partial charge in [-0.2, -0.15) is 0 Å². The number of ether oxygens (including phenoxy) is 5. The molecule has 1 aliphatic rings. The summed E-state index contributed by atoms with van der Waals surface area (Å²) in [6.07, 6.45) is 1.27. The van der Waals surface area contributed by atoms with E-state index < -0.39 is 0 Å². The Morgan fingerprint density at radius 2 is 0.889 bits per heavy atom. The summed E-state index contributed by atoms with van der Waals surface area (Å²) in [4.78, 5) is 0. The topological polar surface area (TPSA) is 46.2 Å². The zero-order chi connectivity index (χ0) is 13.1. The van der Waals surface area contributed by atoms with Crippen molar-refractivity contribution in [3.63, 3.8) is 0 Å². The Labute approximate surface area is 110 Å². The summed E-state index contributed by atoms with van der Waals surface area (Å²) in [5, 5.41) is 0. The van der Waals surface area contributed by atoms with Crippen molar-refractivity contribution in [2.75, 3.05) is 52.9 Å². The van der Waals surface area contributed by atoms with Crippen LogP contribution in [0.25, 0.3) is 0 Å². The number of hydrogen-bond acceptors (Lipinski definition) is 5. The van der Waals surface area contributed by atoms with Crippen molar-refractivity contribution in [1.82, 2.24) is 0 Å². The van der Waals surface area contributed by atoms with Gasteiger partial charge in [-0.15, -0.1) is 0 Å². The molecular formula is C13H26O5. The Kier molecular flexibility index (Phi) is 9.42. The highest BCUT2D eigenvalue weighted by Gasteiger charge is 2.09. The second kappa shape index (κ2) is 10.7. The Morgan fingerprint density at radius 1 is 0.556 bits per heavy atom. The van der Waals surface area contributed by atoms with E-state index in [-0.39, 0.29) is 12.2 Å². The summed E-state index contributed by atoms with van der Waals surface area (Å²) in [7, 11) is 0. The molecule has 0 aromatic rings. The minimum absolute atomic E-state index is 0.189. The smallest absolute Gasteiger partial charge is 0.0704 e. The van der Waals surface area contributed by atoms with Crippen molar-refractivity contribution in [2.45, 2.75) is 32.5 Å². The second-order valence-electron chi connectivity index (χ2n) is 4.44. The van der Waals surface area contributed by atoms with Crippen LogP contribution in [-0.4, -0.2) is 65.1 Å². The first-order valence-corrected chi connectivity index (χ1v) is 6.75. The van der Waals surface area contributed by atoms with E-state index in [1.54, 1.807) is 0 Å². The van der Waals surface area contributed by atoms with E-state index in [1.165, 1.54) is 0 Å². The summed E-state index contributed by atoms with van der Waals surface area (Å²) in [6, 6.07) is 0. The van der Waals surface area contributed by atoms with E-state index in [2.05, 4.69) is 13.8 Å². The van der Waals surface area contributed by atoms with Crippen molar-refractivity contribution in [2.24, 2.45) is 0 Å². The molecule has 108 valence electrons. The molecule has 0 aliphatic carbocycles. The van der Waals surface area contributed by atoms with Crippen molar-refractivity contribution in [3.8, 4) is 0 Å². The molecule has 0 N–H and O–H groups in total. The van der Waals surface area contributed by atoms with Crippen LogP contribution >= 0.6 is 0 Å². The van der Waals surface area contributed by atoms with E-state index >= 15 is 0 Å². The van der Waals surface area contributed by atoms with Gasteiger partial charge < -0.3 is 23.7 Å². The normalized spacial score (nSPS) is 31.0. The summed E-state index contributed by atoms with van der Waals surface area (Å²) in [6.45, 7) is 9.01. The standard InChI is InChI=1S/C13H26O5/c1-12-11-13(2)18-10-8-16-6-4-14-3-5-15-7-9-17-12/h12-13H,3-11H2,1-2H3/t12-,13+. The van der Waals surface area contributed by atoms with Gasteiger partial charge in [0.2, 0.25) is 0 Å². The number of hydrogen-bond donors (Lipinski definition) is 0. The molecule has 1 rings (SSSR count). The molecule has 1 aliphatic heterocycles. The quantitative estimate of drug-likeness (QED) is 0.657. The predicted molar refractivity (Wildman–Crippen MR) is 67.9 cm³/mol. The first kappa shape index (κ1) is 15.9. The maximum Gasteiger partial charge on any atom is 0.0704 e. The molecule has 1 saturated heterocycles. The van der Waals surface area contributed by atoms with Crippen LogP contribution in [0.1, 0.15) is 20.3 Å². The molecule has 0 bridgehead atoms. The van der Waals surface area contributed by atoms with Crippen LogP contribution in [0.15, 0.2) is 0 Å². The molecular weight excluding hydrogens is 236 g/mol. The molecule has 0 aromatic carbocycles. The summed E-state index contributed by atoms with van der Waals surface area (Å²) >= 11 is 0. The molecule has 0 radical (unpaired) electrons. The Morgan fingerprint density at radius 3 is 1.28 bits per heavy atom. The lowest BCUT2D eigenvalue weighted by Crippen LogP contribution is -2.22. The third kappa shape index (κ3) is 8.83. The maximum atomic E-state index is 5.64. The third-order valence-electron chi connectivity index (χ3n) is 2.67. The van der Waals surface area contributed by atoms with Crippen LogP contribution in [0.3, 0.4) is 0 Å². The molecule has 1 heterocycles. The fraction of sp³-hybridized carbons (Fsp3) is 1.00. The van der Waals surface area contributed by atoms with Gasteiger partial charge >= 0.3 is 0 Å². The van der Waals surface area contributed by atoms with Gasteiger partial charge in [0.1, 0.15) is 0 Å². The van der Waals surface area contributed by atoms with Crippen molar-refractivity contribution >= 4 is 0 Å². The van der Waals surface area contributed by atoms with Gasteiger partial charge in [-0.05, 0) is 20.3 Å². The van der Waals surface area contributed by atoms with E-state index in [4.69, 9.17) is 23.7 Å². The van der Waals surface area contributed by atoms with E-state index in [0.717, 1.165) is 6.42 Å². The lowest BCUT2D eigenvalue weighted by atomic mass is 10.2. The lowest BCUT2D eigenvalue weighted by molar-refractivity contribution is -0.0529. The average molecular weight is 262 g/mol. The zero-order valence-electron chi connectivity index (χ0n) is 11.6. The largest absolute Gasteiger partial charge is 0.377 e. The zero-order valence-corrected chi connectivity index (χ0v) is 11.6. The fourth-order valence-electron chi connectivity index (χ4n) is 1.76. The van der Waals surface area contributed by atoms with Gasteiger partial charge in [0.05, 0.1) is 65.1 Å². The maximum absolute atomic E-state index is 5.64. The first-order valence-electron chi connectivity index (χ1n) is 6.75. The van der Waals surface area contributed by atoms with Gasteiger partial charge in [-0.25, -0.2) is 0 Å². The Hall–Kier alpha value is -0.200. The molecule has 0 amide bonds. The number of rotatable bonds is 0. The molecule has 0 saturated carbocycles. The molecule has 1 fully saturated rings. The minimum atomic E-state index is 0.189. The van der Waals surface area contributed by atoms with Crippen LogP contribution in [0.4, 0.5) is 0 Å². The monoisotopic (exact) mass is 262 g/mol. The fourth-order valence-corrected chi connectivity index (χ4v) is 1.76. The van der Waals surface area contributed by atoms with Crippen LogP contribution in [0.5, 0.6) is 0 Å². The van der Waals surface area contributed by atoms with Crippen LogP contribution < -0.4 is 0 Å². The summed E-state index contributed by atoms with van der Waals surface area (Å²) in [5.74, 6) is 0. The van der Waals surface area contributed by atoms with Crippen LogP contribution in [-0.2, 0) is 23.7 Å². The Balaban J connectivity index is 2.19. The second-order valence-corrected chi connectivity index (χ2v) is 4.44. The SMILES string of the molecule is C[C@@H]1C[C@H](C)OCCOCCOCCOCCO1. The Bertz CT molecular complexity index is 170. The molecule has 0 unspecified atom stereocenters. The first-order chi connectivity index (χ1) is 8.79. The van der Waals surface area contributed by atoms with Gasteiger partial charge in [0, 0.05) is 0 Å². The van der Waals surface area contributed by atoms with Gasteiger partial charge in [0.25, 0.3) is 0 Å². The summed E-state index contributed by atoms with van der Waals surface area (Å²) in [5.41, 5.74) is 0. The minimum Gasteiger partial charge on any atom is -0.377 e. The average Bonchev–Trinajstić information content (AvgIpc) is 2.33.